The molecule has 4 rings (SSSR count). The Bertz CT molecular complexity index is 871. The molecule has 2 N–H and O–H groups in total. The summed E-state index contributed by atoms with van der Waals surface area (Å²) in [6.07, 6.45) is 12.6. The number of nitrogens with zero attached hydrogens (tertiary/aromatic N) is 2. The van der Waals surface area contributed by atoms with Crippen LogP contribution in [-0.2, 0) is 0 Å². The van der Waals surface area contributed by atoms with Crippen molar-refractivity contribution in [2.45, 2.75) is 105 Å². The number of pyridine rings is 2. The fourth-order valence-electron chi connectivity index (χ4n) is 4.98. The van der Waals surface area contributed by atoms with Gasteiger partial charge in [0.1, 0.15) is 21.8 Å². The van der Waals surface area contributed by atoms with E-state index in [2.05, 4.69) is 51.5 Å². The van der Waals surface area contributed by atoms with Crippen molar-refractivity contribution in [1.82, 2.24) is 9.97 Å². The summed E-state index contributed by atoms with van der Waals surface area (Å²) in [6, 6.07) is 6.68. The van der Waals surface area contributed by atoms with Gasteiger partial charge in [0.15, 0.2) is 0 Å². The van der Waals surface area contributed by atoms with Gasteiger partial charge in [-0.3, -0.25) is 0 Å². The van der Waals surface area contributed by atoms with E-state index >= 15 is 0 Å². The van der Waals surface area contributed by atoms with Gasteiger partial charge < -0.3 is 14.9 Å². The van der Waals surface area contributed by atoms with E-state index in [4.69, 9.17) is 33.0 Å². The molecule has 2 saturated carbocycles. The summed E-state index contributed by atoms with van der Waals surface area (Å²) in [6.45, 7) is 13.9. The molecule has 2 aliphatic carbocycles. The zero-order valence-electron chi connectivity index (χ0n) is 23.4. The van der Waals surface area contributed by atoms with Crippen LogP contribution in [0.5, 0.6) is 11.5 Å². The minimum absolute atomic E-state index is 0.00593. The Morgan fingerprint density at radius 3 is 1.54 bits per heavy atom. The highest BCUT2D eigenvalue weighted by molar-refractivity contribution is 6.29. The highest BCUT2D eigenvalue weighted by Gasteiger charge is 2.30. The van der Waals surface area contributed by atoms with Crippen molar-refractivity contribution in [3.8, 4) is 11.5 Å². The summed E-state index contributed by atoms with van der Waals surface area (Å²) < 4.78 is 5.95. The molecule has 0 unspecified atom stereocenters. The van der Waals surface area contributed by atoms with Crippen LogP contribution in [0.15, 0.2) is 36.7 Å². The molecule has 5 nitrogen and oxygen atoms in total. The van der Waals surface area contributed by atoms with Crippen molar-refractivity contribution < 1.29 is 14.9 Å². The van der Waals surface area contributed by atoms with E-state index in [1.807, 2.05) is 6.07 Å². The molecule has 0 spiro atoms. The summed E-state index contributed by atoms with van der Waals surface area (Å²) in [5.74, 6) is 2.61. The summed E-state index contributed by atoms with van der Waals surface area (Å²) in [5, 5.41) is 18.8. The first kappa shape index (κ1) is 31.7. The van der Waals surface area contributed by atoms with Crippen LogP contribution < -0.4 is 4.74 Å². The fraction of sp³-hybridized carbons (Fsp3) is 0.667. The van der Waals surface area contributed by atoms with Crippen LogP contribution in [0.3, 0.4) is 0 Å². The third kappa shape index (κ3) is 12.2. The molecule has 0 bridgehead atoms. The van der Waals surface area contributed by atoms with Gasteiger partial charge in [0, 0.05) is 0 Å². The highest BCUT2D eigenvalue weighted by Crippen LogP contribution is 2.39. The molecule has 2 heterocycles. The Kier molecular flexibility index (Phi) is 12.5. The van der Waals surface area contributed by atoms with Gasteiger partial charge in [-0.05, 0) is 98.3 Å². The average molecular weight is 554 g/mol. The van der Waals surface area contributed by atoms with Gasteiger partial charge in [-0.25, -0.2) is 9.97 Å². The third-order valence-corrected chi connectivity index (χ3v) is 7.98. The topological polar surface area (TPSA) is 75.5 Å². The second-order valence-electron chi connectivity index (χ2n) is 12.5. The first-order valence-electron chi connectivity index (χ1n) is 13.5. The Balaban J connectivity index is 0.000000215. The van der Waals surface area contributed by atoms with Gasteiger partial charge in [-0.1, -0.05) is 64.7 Å². The van der Waals surface area contributed by atoms with Crippen LogP contribution in [0.1, 0.15) is 92.9 Å². The maximum absolute atomic E-state index is 9.29. The highest BCUT2D eigenvalue weighted by atomic mass is 35.5. The molecule has 0 atom stereocenters. The molecule has 208 valence electrons. The first-order valence-corrected chi connectivity index (χ1v) is 14.3. The van der Waals surface area contributed by atoms with Crippen molar-refractivity contribution in [1.29, 1.82) is 0 Å². The molecule has 2 aromatic rings. The molecule has 2 aliphatic rings. The van der Waals surface area contributed by atoms with Crippen molar-refractivity contribution in [2.75, 3.05) is 0 Å². The van der Waals surface area contributed by atoms with Gasteiger partial charge >= 0.3 is 0 Å². The number of aliphatic hydroxyl groups is 1. The van der Waals surface area contributed by atoms with E-state index in [9.17, 15) is 5.11 Å². The van der Waals surface area contributed by atoms with Crippen LogP contribution in [0.2, 0.25) is 10.3 Å². The molecule has 0 radical (unpaired) electrons. The van der Waals surface area contributed by atoms with Crippen LogP contribution in [-0.4, -0.2) is 32.4 Å². The van der Waals surface area contributed by atoms with Crippen LogP contribution in [0.25, 0.3) is 0 Å². The standard InChI is InChI=1S/C15H22ClNO.C10H20O.C5H4ClNO/c1-15(2,3)11-4-6-12(7-5-11)18-13-8-9-14(16)17-10-13;1-10(2,3)8-4-6-9(11)7-5-8;6-5-2-1-4(8)3-7-5/h8-12H,4-7H2,1-3H3;8-9,11H,4-7H2,1-3H3;1-3,8H. The lowest BCUT2D eigenvalue weighted by molar-refractivity contribution is 0.0725. The van der Waals surface area contributed by atoms with E-state index in [1.165, 1.54) is 44.0 Å². The smallest absolute Gasteiger partial charge is 0.138 e. The number of aromatic hydroxyl groups is 1. The van der Waals surface area contributed by atoms with Gasteiger partial charge in [-0.2, -0.15) is 0 Å². The molecule has 2 fully saturated rings. The number of hydrogen-bond donors (Lipinski definition) is 2. The lowest BCUT2D eigenvalue weighted by Crippen LogP contribution is -2.30. The quantitative estimate of drug-likeness (QED) is 0.364. The first-order chi connectivity index (χ1) is 17.2. The van der Waals surface area contributed by atoms with Crippen molar-refractivity contribution in [2.24, 2.45) is 22.7 Å². The maximum Gasteiger partial charge on any atom is 0.138 e. The van der Waals surface area contributed by atoms with Gasteiger partial charge in [-0.15, -0.1) is 0 Å². The van der Waals surface area contributed by atoms with E-state index in [-0.39, 0.29) is 11.9 Å². The van der Waals surface area contributed by atoms with Crippen molar-refractivity contribution in [3.63, 3.8) is 0 Å². The normalized spacial score (nSPS) is 24.1. The Morgan fingerprint density at radius 2 is 1.16 bits per heavy atom. The minimum Gasteiger partial charge on any atom is -0.506 e. The average Bonchev–Trinajstić information content (AvgIpc) is 2.83. The largest absolute Gasteiger partial charge is 0.506 e. The second kappa shape index (κ2) is 14.6. The predicted molar refractivity (Wildman–Crippen MR) is 153 cm³/mol. The second-order valence-corrected chi connectivity index (χ2v) is 13.3. The van der Waals surface area contributed by atoms with E-state index in [0.717, 1.165) is 43.3 Å². The SMILES string of the molecule is CC(C)(C)C1CCC(O)CC1.CC(C)(C)C1CCC(Oc2ccc(Cl)nc2)CC1.Oc1ccc(Cl)nc1. The summed E-state index contributed by atoms with van der Waals surface area (Å²) >= 11 is 11.1. The molecule has 2 aromatic heterocycles. The number of rotatable bonds is 2. The minimum atomic E-state index is -0.00593. The van der Waals surface area contributed by atoms with Crippen molar-refractivity contribution in [3.05, 3.63) is 47.0 Å². The number of halogens is 2. The van der Waals surface area contributed by atoms with Crippen LogP contribution in [0.4, 0.5) is 0 Å². The molecule has 0 amide bonds. The Morgan fingerprint density at radius 1 is 0.703 bits per heavy atom. The molecule has 7 heteroatoms. The van der Waals surface area contributed by atoms with Gasteiger partial charge in [0.25, 0.3) is 0 Å². The summed E-state index contributed by atoms with van der Waals surface area (Å²) in [5.41, 5.74) is 0.868. The molecule has 0 aromatic carbocycles. The lowest BCUT2D eigenvalue weighted by Gasteiger charge is -2.36. The van der Waals surface area contributed by atoms with Crippen molar-refractivity contribution >= 4 is 23.2 Å². The third-order valence-electron chi connectivity index (χ3n) is 7.54. The Hall–Kier alpha value is -1.56. The molecular formula is C30H46Cl2N2O3. The monoisotopic (exact) mass is 552 g/mol. The maximum atomic E-state index is 9.29. The van der Waals surface area contributed by atoms with Gasteiger partial charge in [0.05, 0.1) is 24.6 Å². The zero-order valence-corrected chi connectivity index (χ0v) is 24.9. The van der Waals surface area contributed by atoms with E-state index in [0.29, 0.717) is 27.2 Å². The Labute approximate surface area is 234 Å². The zero-order chi connectivity index (χ0) is 27.6. The predicted octanol–water partition coefficient (Wildman–Crippen LogP) is 8.74. The number of aromatic nitrogens is 2. The lowest BCUT2D eigenvalue weighted by atomic mass is 9.72. The molecular weight excluding hydrogens is 507 g/mol. The number of hydrogen-bond acceptors (Lipinski definition) is 5. The van der Waals surface area contributed by atoms with E-state index in [1.54, 1.807) is 12.3 Å². The molecule has 37 heavy (non-hydrogen) atoms. The van der Waals surface area contributed by atoms with Crippen LogP contribution >= 0.6 is 23.2 Å². The van der Waals surface area contributed by atoms with Gasteiger partial charge in [0.2, 0.25) is 0 Å². The molecule has 0 aliphatic heterocycles. The molecule has 0 saturated heterocycles. The van der Waals surface area contributed by atoms with Crippen LogP contribution in [0, 0.1) is 22.7 Å². The number of ether oxygens (including phenoxy) is 1. The number of aliphatic hydroxyl groups excluding tert-OH is 1. The van der Waals surface area contributed by atoms with E-state index < -0.39 is 0 Å². The summed E-state index contributed by atoms with van der Waals surface area (Å²) in [7, 11) is 0. The fourth-order valence-corrected chi connectivity index (χ4v) is 5.20. The summed E-state index contributed by atoms with van der Waals surface area (Å²) in [4.78, 5) is 7.63.